The number of anilines is 1. The van der Waals surface area contributed by atoms with Crippen molar-refractivity contribution >= 4 is 21.6 Å². The van der Waals surface area contributed by atoms with Gasteiger partial charge in [0, 0.05) is 11.7 Å². The lowest BCUT2D eigenvalue weighted by molar-refractivity contribution is -0.118. The molecule has 2 aromatic carbocycles. The third-order valence-corrected chi connectivity index (χ3v) is 4.87. The molecule has 2 rings (SSSR count). The fourth-order valence-electron chi connectivity index (χ4n) is 2.07. The van der Waals surface area contributed by atoms with Crippen LogP contribution in [0.15, 0.2) is 53.4 Å². The molecule has 0 saturated heterocycles. The van der Waals surface area contributed by atoms with Gasteiger partial charge in [0.05, 0.1) is 16.5 Å². The summed E-state index contributed by atoms with van der Waals surface area (Å²) >= 11 is 0. The Morgan fingerprint density at radius 1 is 1.12 bits per heavy atom. The highest BCUT2D eigenvalue weighted by Gasteiger charge is 2.15. The van der Waals surface area contributed by atoms with Gasteiger partial charge in [0.15, 0.2) is 6.61 Å². The van der Waals surface area contributed by atoms with Crippen molar-refractivity contribution in [2.24, 2.45) is 0 Å². The van der Waals surface area contributed by atoms with Crippen LogP contribution in [0, 0.1) is 11.3 Å². The topological polar surface area (TPSA) is 108 Å². The largest absolute Gasteiger partial charge is 0.484 e. The highest BCUT2D eigenvalue weighted by molar-refractivity contribution is 7.89. The number of benzene rings is 2. The maximum absolute atomic E-state index is 12.0. The zero-order chi connectivity index (χ0) is 19.2. The van der Waals surface area contributed by atoms with Crippen molar-refractivity contribution in [2.75, 3.05) is 11.9 Å². The van der Waals surface area contributed by atoms with Crippen LogP contribution in [-0.2, 0) is 14.8 Å². The van der Waals surface area contributed by atoms with E-state index in [4.69, 9.17) is 10.00 Å². The van der Waals surface area contributed by atoms with E-state index in [1.54, 1.807) is 38.1 Å². The van der Waals surface area contributed by atoms with Gasteiger partial charge in [0.2, 0.25) is 10.0 Å². The molecule has 0 aliphatic heterocycles. The van der Waals surface area contributed by atoms with Crippen LogP contribution < -0.4 is 14.8 Å². The SMILES string of the molecule is CC(C)NS(=O)(=O)c1ccc(NC(=O)COc2ccc(C#N)cc2)cc1. The number of amides is 1. The molecule has 0 atom stereocenters. The van der Waals surface area contributed by atoms with Gasteiger partial charge in [-0.2, -0.15) is 5.26 Å². The smallest absolute Gasteiger partial charge is 0.262 e. The Kier molecular flexibility index (Phi) is 6.33. The van der Waals surface area contributed by atoms with Crippen molar-refractivity contribution in [2.45, 2.75) is 24.8 Å². The second kappa shape index (κ2) is 8.47. The van der Waals surface area contributed by atoms with Gasteiger partial charge < -0.3 is 10.1 Å². The number of sulfonamides is 1. The van der Waals surface area contributed by atoms with Gasteiger partial charge in [-0.3, -0.25) is 4.79 Å². The zero-order valence-corrected chi connectivity index (χ0v) is 15.2. The van der Waals surface area contributed by atoms with E-state index in [1.165, 1.54) is 24.3 Å². The van der Waals surface area contributed by atoms with Crippen LogP contribution in [0.3, 0.4) is 0 Å². The molecule has 0 radical (unpaired) electrons. The van der Waals surface area contributed by atoms with Gasteiger partial charge in [-0.1, -0.05) is 0 Å². The van der Waals surface area contributed by atoms with E-state index in [0.29, 0.717) is 17.0 Å². The summed E-state index contributed by atoms with van der Waals surface area (Å²) in [4.78, 5) is 12.0. The average molecular weight is 373 g/mol. The Hall–Kier alpha value is -2.89. The van der Waals surface area contributed by atoms with E-state index in [-0.39, 0.29) is 23.5 Å². The number of rotatable bonds is 7. The summed E-state index contributed by atoms with van der Waals surface area (Å²) in [5.41, 5.74) is 0.964. The summed E-state index contributed by atoms with van der Waals surface area (Å²) in [5.74, 6) is 0.0885. The maximum Gasteiger partial charge on any atom is 0.262 e. The molecule has 26 heavy (non-hydrogen) atoms. The van der Waals surface area contributed by atoms with Crippen molar-refractivity contribution in [1.29, 1.82) is 5.26 Å². The van der Waals surface area contributed by atoms with Crippen LogP contribution in [-0.4, -0.2) is 27.0 Å². The van der Waals surface area contributed by atoms with Crippen molar-refractivity contribution in [3.8, 4) is 11.8 Å². The van der Waals surface area contributed by atoms with Gasteiger partial charge in [0.25, 0.3) is 5.91 Å². The number of hydrogen-bond donors (Lipinski definition) is 2. The summed E-state index contributed by atoms with van der Waals surface area (Å²) in [5, 5.41) is 11.3. The van der Waals surface area contributed by atoms with Crippen LogP contribution in [0.5, 0.6) is 5.75 Å². The fraction of sp³-hybridized carbons (Fsp3) is 0.222. The van der Waals surface area contributed by atoms with Gasteiger partial charge in [0.1, 0.15) is 5.75 Å². The molecule has 1 amide bonds. The molecule has 0 bridgehead atoms. The summed E-state index contributed by atoms with van der Waals surface area (Å²) in [6.45, 7) is 3.26. The minimum absolute atomic E-state index is 0.123. The van der Waals surface area contributed by atoms with E-state index in [9.17, 15) is 13.2 Å². The van der Waals surface area contributed by atoms with Gasteiger partial charge in [-0.15, -0.1) is 0 Å². The van der Waals surface area contributed by atoms with Crippen LogP contribution in [0.1, 0.15) is 19.4 Å². The van der Waals surface area contributed by atoms with Gasteiger partial charge >= 0.3 is 0 Å². The van der Waals surface area contributed by atoms with Crippen LogP contribution >= 0.6 is 0 Å². The summed E-state index contributed by atoms with van der Waals surface area (Å²) in [7, 11) is -3.57. The normalized spacial score (nSPS) is 11.0. The van der Waals surface area contributed by atoms with Gasteiger partial charge in [-0.05, 0) is 62.4 Å². The minimum atomic E-state index is -3.57. The van der Waals surface area contributed by atoms with Crippen molar-refractivity contribution in [3.63, 3.8) is 0 Å². The highest BCUT2D eigenvalue weighted by Crippen LogP contribution is 2.15. The molecule has 2 aromatic rings. The first-order chi connectivity index (χ1) is 12.3. The minimum Gasteiger partial charge on any atom is -0.484 e. The molecule has 0 spiro atoms. The summed E-state index contributed by atoms with van der Waals surface area (Å²) in [6, 6.07) is 14.0. The quantitative estimate of drug-likeness (QED) is 0.774. The number of nitrogens with zero attached hydrogens (tertiary/aromatic N) is 1. The van der Waals surface area contributed by atoms with Crippen molar-refractivity contribution in [1.82, 2.24) is 4.72 Å². The Morgan fingerprint density at radius 3 is 2.27 bits per heavy atom. The van der Waals surface area contributed by atoms with E-state index in [0.717, 1.165) is 0 Å². The molecule has 8 heteroatoms. The van der Waals surface area contributed by atoms with E-state index in [2.05, 4.69) is 10.0 Å². The van der Waals surface area contributed by atoms with E-state index >= 15 is 0 Å². The zero-order valence-electron chi connectivity index (χ0n) is 14.4. The van der Waals surface area contributed by atoms with Crippen molar-refractivity contribution in [3.05, 3.63) is 54.1 Å². The second-order valence-corrected chi connectivity index (χ2v) is 7.49. The first-order valence-electron chi connectivity index (χ1n) is 7.85. The number of ether oxygens (including phenoxy) is 1. The first kappa shape index (κ1) is 19.4. The summed E-state index contributed by atoms with van der Waals surface area (Å²) < 4.78 is 31.9. The lowest BCUT2D eigenvalue weighted by Crippen LogP contribution is -2.30. The Morgan fingerprint density at radius 2 is 1.73 bits per heavy atom. The third-order valence-electron chi connectivity index (χ3n) is 3.19. The Balaban J connectivity index is 1.91. The lowest BCUT2D eigenvalue weighted by Gasteiger charge is -2.11. The van der Waals surface area contributed by atoms with E-state index < -0.39 is 10.0 Å². The van der Waals surface area contributed by atoms with Crippen molar-refractivity contribution < 1.29 is 17.9 Å². The third kappa shape index (κ3) is 5.58. The summed E-state index contributed by atoms with van der Waals surface area (Å²) in [6.07, 6.45) is 0. The molecule has 136 valence electrons. The molecule has 0 fully saturated rings. The van der Waals surface area contributed by atoms with Crippen LogP contribution in [0.4, 0.5) is 5.69 Å². The Bertz CT molecular complexity index is 899. The van der Waals surface area contributed by atoms with Crippen LogP contribution in [0.2, 0.25) is 0 Å². The lowest BCUT2D eigenvalue weighted by atomic mass is 10.2. The predicted molar refractivity (Wildman–Crippen MR) is 97.2 cm³/mol. The molecule has 0 aliphatic carbocycles. The fourth-order valence-corrected chi connectivity index (χ4v) is 3.32. The highest BCUT2D eigenvalue weighted by atomic mass is 32.2. The molecule has 0 heterocycles. The molecule has 7 nitrogen and oxygen atoms in total. The standard InChI is InChI=1S/C18H19N3O4S/c1-13(2)21-26(23,24)17-9-5-15(6-10-17)20-18(22)12-25-16-7-3-14(11-19)4-8-16/h3-10,13,21H,12H2,1-2H3,(H,20,22). The second-order valence-electron chi connectivity index (χ2n) is 5.77. The van der Waals surface area contributed by atoms with Crippen LogP contribution in [0.25, 0.3) is 0 Å². The maximum atomic E-state index is 12.0. The number of carbonyl (C=O) groups excluding carboxylic acids is 1. The average Bonchev–Trinajstić information content (AvgIpc) is 2.60. The molecular formula is C18H19N3O4S. The molecular weight excluding hydrogens is 354 g/mol. The van der Waals surface area contributed by atoms with E-state index in [1.807, 2.05) is 6.07 Å². The number of hydrogen-bond acceptors (Lipinski definition) is 5. The number of carbonyl (C=O) groups is 1. The molecule has 0 unspecified atom stereocenters. The molecule has 2 N–H and O–H groups in total. The first-order valence-corrected chi connectivity index (χ1v) is 9.33. The number of nitriles is 1. The number of nitrogens with one attached hydrogen (secondary N) is 2. The van der Waals surface area contributed by atoms with Gasteiger partial charge in [-0.25, -0.2) is 13.1 Å². The molecule has 0 aliphatic rings. The molecule has 0 aromatic heterocycles. The monoisotopic (exact) mass is 373 g/mol. The molecule has 0 saturated carbocycles. The predicted octanol–water partition coefficient (Wildman–Crippen LogP) is 2.26. The Labute approximate surface area is 152 Å².